The van der Waals surface area contributed by atoms with Gasteiger partial charge >= 0.3 is 0 Å². The third-order valence-corrected chi connectivity index (χ3v) is 5.26. The average Bonchev–Trinajstić information content (AvgIpc) is 2.78. The molecule has 1 amide bonds. The molecule has 0 spiro atoms. The SMILES string of the molecule is Cc1cc(-c2ccc(N=N)c(N[C@H](C)c3ccc4ncccc4c3)n2)ccc1C(N)=O. The number of benzene rings is 2. The summed E-state index contributed by atoms with van der Waals surface area (Å²) in [5, 5.41) is 8.05. The zero-order chi connectivity index (χ0) is 22.0. The zero-order valence-corrected chi connectivity index (χ0v) is 17.3. The van der Waals surface area contributed by atoms with Gasteiger partial charge in [-0.2, -0.15) is 5.11 Å². The van der Waals surface area contributed by atoms with Crippen molar-refractivity contribution in [2.45, 2.75) is 19.9 Å². The number of rotatable bonds is 6. The fourth-order valence-electron chi connectivity index (χ4n) is 3.56. The molecule has 0 saturated heterocycles. The van der Waals surface area contributed by atoms with Crippen LogP contribution in [0.3, 0.4) is 0 Å². The Morgan fingerprint density at radius 3 is 2.71 bits per heavy atom. The highest BCUT2D eigenvalue weighted by atomic mass is 16.1. The van der Waals surface area contributed by atoms with Gasteiger partial charge in [0.2, 0.25) is 5.91 Å². The van der Waals surface area contributed by atoms with Crippen molar-refractivity contribution >= 4 is 28.3 Å². The summed E-state index contributed by atoms with van der Waals surface area (Å²) in [5.41, 5.74) is 18.2. The molecule has 0 unspecified atom stereocenters. The number of hydrogen-bond donors (Lipinski definition) is 3. The maximum atomic E-state index is 11.5. The van der Waals surface area contributed by atoms with E-state index in [2.05, 4.69) is 21.5 Å². The molecule has 0 saturated carbocycles. The lowest BCUT2D eigenvalue weighted by Gasteiger charge is -2.17. The van der Waals surface area contributed by atoms with Gasteiger partial charge in [-0.15, -0.1) is 0 Å². The van der Waals surface area contributed by atoms with E-state index < -0.39 is 5.91 Å². The Hall–Kier alpha value is -4.13. The summed E-state index contributed by atoms with van der Waals surface area (Å²) >= 11 is 0. The van der Waals surface area contributed by atoms with E-state index in [-0.39, 0.29) is 6.04 Å². The van der Waals surface area contributed by atoms with Crippen molar-refractivity contribution in [3.8, 4) is 11.3 Å². The lowest BCUT2D eigenvalue weighted by molar-refractivity contribution is 0.0999. The Labute approximate surface area is 179 Å². The number of aromatic nitrogens is 2. The molecule has 7 heteroatoms. The number of carbonyl (C=O) groups excluding carboxylic acids is 1. The maximum absolute atomic E-state index is 11.5. The predicted octanol–water partition coefficient (Wildman–Crippen LogP) is 5.54. The molecule has 154 valence electrons. The van der Waals surface area contributed by atoms with E-state index in [1.165, 1.54) is 0 Å². The van der Waals surface area contributed by atoms with Crippen LogP contribution in [0, 0.1) is 12.5 Å². The van der Waals surface area contributed by atoms with Crippen LogP contribution in [0.25, 0.3) is 22.2 Å². The average molecular weight is 410 g/mol. The summed E-state index contributed by atoms with van der Waals surface area (Å²) < 4.78 is 0. The van der Waals surface area contributed by atoms with Crippen LogP contribution < -0.4 is 11.1 Å². The van der Waals surface area contributed by atoms with Crippen LogP contribution in [-0.4, -0.2) is 15.9 Å². The third kappa shape index (κ3) is 4.11. The highest BCUT2D eigenvalue weighted by molar-refractivity contribution is 5.94. The van der Waals surface area contributed by atoms with Gasteiger partial charge in [0.05, 0.1) is 17.3 Å². The molecular weight excluding hydrogens is 388 g/mol. The largest absolute Gasteiger partial charge is 0.366 e. The molecule has 4 aromatic rings. The number of nitrogens with zero attached hydrogens (tertiary/aromatic N) is 3. The Balaban J connectivity index is 1.66. The van der Waals surface area contributed by atoms with Gasteiger partial charge in [-0.05, 0) is 67.4 Å². The molecule has 1 atom stereocenters. The van der Waals surface area contributed by atoms with E-state index in [0.29, 0.717) is 22.8 Å². The van der Waals surface area contributed by atoms with Crippen molar-refractivity contribution < 1.29 is 4.79 Å². The van der Waals surface area contributed by atoms with Gasteiger partial charge in [-0.3, -0.25) is 9.78 Å². The molecule has 0 aliphatic rings. The molecule has 4 rings (SSSR count). The summed E-state index contributed by atoms with van der Waals surface area (Å²) in [7, 11) is 0. The Morgan fingerprint density at radius 1 is 1.13 bits per heavy atom. The molecule has 2 heterocycles. The lowest BCUT2D eigenvalue weighted by Crippen LogP contribution is -2.12. The molecule has 0 bridgehead atoms. The second-order valence-corrected chi connectivity index (χ2v) is 7.39. The first-order chi connectivity index (χ1) is 15.0. The highest BCUT2D eigenvalue weighted by Gasteiger charge is 2.13. The number of carbonyl (C=O) groups is 1. The zero-order valence-electron chi connectivity index (χ0n) is 17.3. The second kappa shape index (κ2) is 8.31. The molecular formula is C24H22N6O. The quantitative estimate of drug-likeness (QED) is 0.362. The van der Waals surface area contributed by atoms with Crippen LogP contribution in [-0.2, 0) is 0 Å². The van der Waals surface area contributed by atoms with Crippen LogP contribution in [0.15, 0.2) is 72.0 Å². The second-order valence-electron chi connectivity index (χ2n) is 7.39. The first-order valence-electron chi connectivity index (χ1n) is 9.87. The molecule has 31 heavy (non-hydrogen) atoms. The molecule has 2 aromatic carbocycles. The smallest absolute Gasteiger partial charge is 0.248 e. The minimum absolute atomic E-state index is 0.0631. The fraction of sp³-hybridized carbons (Fsp3) is 0.125. The molecule has 4 N–H and O–H groups in total. The molecule has 0 fully saturated rings. The van der Waals surface area contributed by atoms with Crippen LogP contribution >= 0.6 is 0 Å². The summed E-state index contributed by atoms with van der Waals surface area (Å²) in [5.74, 6) is 0.0602. The third-order valence-electron chi connectivity index (χ3n) is 5.26. The van der Waals surface area contributed by atoms with Crippen molar-refractivity contribution in [2.24, 2.45) is 10.8 Å². The van der Waals surface area contributed by atoms with Gasteiger partial charge in [0.25, 0.3) is 0 Å². The van der Waals surface area contributed by atoms with Crippen LogP contribution in [0.5, 0.6) is 0 Å². The van der Waals surface area contributed by atoms with E-state index in [1.807, 2.05) is 56.3 Å². The van der Waals surface area contributed by atoms with Crippen molar-refractivity contribution in [2.75, 3.05) is 5.32 Å². The van der Waals surface area contributed by atoms with Gasteiger partial charge in [0.15, 0.2) is 5.82 Å². The topological polar surface area (TPSA) is 117 Å². The number of primary amides is 1. The summed E-state index contributed by atoms with van der Waals surface area (Å²) in [6, 6.07) is 19.0. The van der Waals surface area contributed by atoms with Crippen LogP contribution in [0.4, 0.5) is 11.5 Å². The number of aryl methyl sites for hydroxylation is 1. The molecule has 0 radical (unpaired) electrons. The van der Waals surface area contributed by atoms with Crippen LogP contribution in [0.1, 0.15) is 34.5 Å². The lowest BCUT2D eigenvalue weighted by atomic mass is 10.0. The standard InChI is InChI=1S/C24H22N6O/c1-14-12-18(5-7-19(14)23(25)31)21-9-10-22(30-26)24(29-21)28-15(2)16-6-8-20-17(13-16)4-3-11-27-20/h3-13,15,26H,1-2H3,(H2,25,31)(H,28,29)/t15-/m1/s1. The summed E-state index contributed by atoms with van der Waals surface area (Å²) in [6.07, 6.45) is 1.78. The normalized spacial score (nSPS) is 11.8. The van der Waals surface area contributed by atoms with Gasteiger partial charge in [0, 0.05) is 22.7 Å². The number of hydrogen-bond acceptors (Lipinski definition) is 6. The summed E-state index contributed by atoms with van der Waals surface area (Å²) in [6.45, 7) is 3.87. The summed E-state index contributed by atoms with van der Waals surface area (Å²) in [4.78, 5) is 20.6. The number of fused-ring (bicyclic) bond motifs is 1. The fourth-order valence-corrected chi connectivity index (χ4v) is 3.56. The van der Waals surface area contributed by atoms with E-state index in [0.717, 1.165) is 27.6 Å². The number of nitrogens with two attached hydrogens (primary N) is 1. The number of pyridine rings is 2. The molecule has 7 nitrogen and oxygen atoms in total. The van der Waals surface area contributed by atoms with Gasteiger partial charge in [-0.25, -0.2) is 10.5 Å². The van der Waals surface area contributed by atoms with Crippen molar-refractivity contribution in [3.05, 3.63) is 83.6 Å². The number of anilines is 1. The van der Waals surface area contributed by atoms with E-state index in [9.17, 15) is 4.79 Å². The molecule has 2 aromatic heterocycles. The molecule has 0 aliphatic heterocycles. The Kier molecular flexibility index (Phi) is 5.41. The van der Waals surface area contributed by atoms with Crippen LogP contribution in [0.2, 0.25) is 0 Å². The molecule has 0 aliphatic carbocycles. The number of nitrogens with one attached hydrogen (secondary N) is 2. The van der Waals surface area contributed by atoms with Crippen molar-refractivity contribution in [1.29, 1.82) is 5.53 Å². The van der Waals surface area contributed by atoms with Crippen molar-refractivity contribution in [1.82, 2.24) is 9.97 Å². The minimum atomic E-state index is -0.456. The van der Waals surface area contributed by atoms with Gasteiger partial charge in [0.1, 0.15) is 5.69 Å². The van der Waals surface area contributed by atoms with E-state index >= 15 is 0 Å². The Morgan fingerprint density at radius 2 is 1.97 bits per heavy atom. The Bertz CT molecular complexity index is 1300. The van der Waals surface area contributed by atoms with Gasteiger partial charge < -0.3 is 11.1 Å². The van der Waals surface area contributed by atoms with E-state index in [4.69, 9.17) is 16.2 Å². The number of amides is 1. The highest BCUT2D eigenvalue weighted by Crippen LogP contribution is 2.31. The maximum Gasteiger partial charge on any atom is 0.248 e. The predicted molar refractivity (Wildman–Crippen MR) is 122 cm³/mol. The minimum Gasteiger partial charge on any atom is -0.366 e. The first kappa shape index (κ1) is 20.2. The van der Waals surface area contributed by atoms with Gasteiger partial charge in [-0.1, -0.05) is 18.2 Å². The monoisotopic (exact) mass is 410 g/mol. The van der Waals surface area contributed by atoms with E-state index in [1.54, 1.807) is 18.3 Å². The van der Waals surface area contributed by atoms with Crippen molar-refractivity contribution in [3.63, 3.8) is 0 Å². The first-order valence-corrected chi connectivity index (χ1v) is 9.87.